The van der Waals surface area contributed by atoms with Crippen LogP contribution in [0.4, 0.5) is 17.1 Å². The standard InChI is InChI=1S/C10H13N5/c1-7-10(6-15(2)14-7)13-9-3-8(11)4-12-5-9/h3-6,13H,11H2,1-2H3. The van der Waals surface area contributed by atoms with Crippen molar-refractivity contribution in [3.8, 4) is 0 Å². The lowest BCUT2D eigenvalue weighted by atomic mass is 10.3. The van der Waals surface area contributed by atoms with Crippen LogP contribution >= 0.6 is 0 Å². The Hall–Kier alpha value is -2.04. The summed E-state index contributed by atoms with van der Waals surface area (Å²) < 4.78 is 1.76. The van der Waals surface area contributed by atoms with Crippen LogP contribution in [0.5, 0.6) is 0 Å². The van der Waals surface area contributed by atoms with Gasteiger partial charge in [0.25, 0.3) is 0 Å². The van der Waals surface area contributed by atoms with E-state index in [1.54, 1.807) is 17.1 Å². The molecule has 5 nitrogen and oxygen atoms in total. The van der Waals surface area contributed by atoms with Gasteiger partial charge >= 0.3 is 0 Å². The van der Waals surface area contributed by atoms with E-state index in [0.29, 0.717) is 5.69 Å². The van der Waals surface area contributed by atoms with Crippen LogP contribution in [-0.4, -0.2) is 14.8 Å². The number of nitrogens with zero attached hydrogens (tertiary/aromatic N) is 3. The Kier molecular flexibility index (Phi) is 2.29. The second-order valence-corrected chi connectivity index (χ2v) is 3.43. The van der Waals surface area contributed by atoms with Crippen molar-refractivity contribution in [3.05, 3.63) is 30.4 Å². The first-order valence-corrected chi connectivity index (χ1v) is 4.63. The van der Waals surface area contributed by atoms with Crippen LogP contribution in [0.3, 0.4) is 0 Å². The number of hydrogen-bond acceptors (Lipinski definition) is 4. The summed E-state index contributed by atoms with van der Waals surface area (Å²) in [6, 6.07) is 1.83. The molecule has 0 bridgehead atoms. The van der Waals surface area contributed by atoms with E-state index < -0.39 is 0 Å². The van der Waals surface area contributed by atoms with Crippen LogP contribution in [0, 0.1) is 6.92 Å². The van der Waals surface area contributed by atoms with Crippen LogP contribution in [0.1, 0.15) is 5.69 Å². The van der Waals surface area contributed by atoms with Gasteiger partial charge in [0.1, 0.15) is 0 Å². The van der Waals surface area contributed by atoms with Crippen molar-refractivity contribution >= 4 is 17.1 Å². The number of hydrogen-bond donors (Lipinski definition) is 2. The van der Waals surface area contributed by atoms with Gasteiger partial charge in [-0.15, -0.1) is 0 Å². The average molecular weight is 203 g/mol. The second kappa shape index (κ2) is 3.61. The fourth-order valence-electron chi connectivity index (χ4n) is 1.40. The molecule has 78 valence electrons. The molecule has 0 fully saturated rings. The van der Waals surface area contributed by atoms with E-state index in [1.807, 2.05) is 26.2 Å². The summed E-state index contributed by atoms with van der Waals surface area (Å²) in [4.78, 5) is 4.00. The van der Waals surface area contributed by atoms with Gasteiger partial charge in [0, 0.05) is 19.4 Å². The average Bonchev–Trinajstić information content (AvgIpc) is 2.45. The first kappa shape index (κ1) is 9.51. The zero-order valence-corrected chi connectivity index (χ0v) is 8.73. The number of pyridine rings is 1. The van der Waals surface area contributed by atoms with Gasteiger partial charge in [-0.3, -0.25) is 9.67 Å². The van der Waals surface area contributed by atoms with E-state index in [9.17, 15) is 0 Å². The molecule has 0 aliphatic heterocycles. The quantitative estimate of drug-likeness (QED) is 0.775. The van der Waals surface area contributed by atoms with Crippen molar-refractivity contribution in [1.29, 1.82) is 0 Å². The second-order valence-electron chi connectivity index (χ2n) is 3.43. The van der Waals surface area contributed by atoms with Gasteiger partial charge in [0.2, 0.25) is 0 Å². The van der Waals surface area contributed by atoms with E-state index in [4.69, 9.17) is 5.73 Å². The molecular formula is C10H13N5. The Morgan fingerprint density at radius 3 is 2.80 bits per heavy atom. The summed E-state index contributed by atoms with van der Waals surface area (Å²) in [7, 11) is 1.88. The Morgan fingerprint density at radius 2 is 2.20 bits per heavy atom. The molecule has 2 rings (SSSR count). The maximum absolute atomic E-state index is 5.63. The highest BCUT2D eigenvalue weighted by molar-refractivity contribution is 5.62. The molecule has 0 amide bonds. The molecule has 0 aliphatic carbocycles. The fraction of sp³-hybridized carbons (Fsp3) is 0.200. The zero-order valence-electron chi connectivity index (χ0n) is 8.73. The monoisotopic (exact) mass is 203 g/mol. The molecule has 15 heavy (non-hydrogen) atoms. The van der Waals surface area contributed by atoms with Crippen LogP contribution in [0.2, 0.25) is 0 Å². The Labute approximate surface area is 87.9 Å². The highest BCUT2D eigenvalue weighted by Crippen LogP contribution is 2.19. The minimum Gasteiger partial charge on any atom is -0.397 e. The summed E-state index contributed by atoms with van der Waals surface area (Å²) in [6.45, 7) is 1.95. The molecular weight excluding hydrogens is 190 g/mol. The number of nitrogen functional groups attached to an aromatic ring is 1. The third kappa shape index (κ3) is 2.07. The van der Waals surface area contributed by atoms with Crippen molar-refractivity contribution in [2.75, 3.05) is 11.1 Å². The van der Waals surface area contributed by atoms with Crippen LogP contribution < -0.4 is 11.1 Å². The van der Waals surface area contributed by atoms with E-state index in [0.717, 1.165) is 17.1 Å². The molecule has 0 spiro atoms. The van der Waals surface area contributed by atoms with Crippen LogP contribution in [-0.2, 0) is 7.05 Å². The fourth-order valence-corrected chi connectivity index (χ4v) is 1.40. The van der Waals surface area contributed by atoms with Crippen molar-refractivity contribution in [2.24, 2.45) is 7.05 Å². The molecule has 2 heterocycles. The molecule has 0 saturated carbocycles. The molecule has 0 radical (unpaired) electrons. The molecule has 3 N–H and O–H groups in total. The minimum absolute atomic E-state index is 0.640. The lowest BCUT2D eigenvalue weighted by Gasteiger charge is -2.04. The van der Waals surface area contributed by atoms with E-state index in [1.165, 1.54) is 0 Å². The molecule has 0 saturated heterocycles. The van der Waals surface area contributed by atoms with Gasteiger partial charge in [-0.25, -0.2) is 0 Å². The van der Waals surface area contributed by atoms with Gasteiger partial charge in [-0.1, -0.05) is 0 Å². The lowest BCUT2D eigenvalue weighted by Crippen LogP contribution is -1.93. The largest absolute Gasteiger partial charge is 0.397 e. The number of aromatic nitrogens is 3. The third-order valence-corrected chi connectivity index (χ3v) is 2.05. The normalized spacial score (nSPS) is 10.3. The predicted molar refractivity (Wildman–Crippen MR) is 59.9 cm³/mol. The number of nitrogens with one attached hydrogen (secondary N) is 1. The van der Waals surface area contributed by atoms with Crippen molar-refractivity contribution in [1.82, 2.24) is 14.8 Å². The molecule has 0 aliphatic rings. The Morgan fingerprint density at radius 1 is 1.40 bits per heavy atom. The van der Waals surface area contributed by atoms with Crippen LogP contribution in [0.25, 0.3) is 0 Å². The van der Waals surface area contributed by atoms with E-state index in [-0.39, 0.29) is 0 Å². The minimum atomic E-state index is 0.640. The molecule has 2 aromatic heterocycles. The van der Waals surface area contributed by atoms with Crippen molar-refractivity contribution < 1.29 is 0 Å². The maximum atomic E-state index is 5.63. The summed E-state index contributed by atoms with van der Waals surface area (Å²) in [5.74, 6) is 0. The molecule has 2 aromatic rings. The Balaban J connectivity index is 2.25. The Bertz CT molecular complexity index is 474. The van der Waals surface area contributed by atoms with Gasteiger partial charge in [-0.2, -0.15) is 5.10 Å². The van der Waals surface area contributed by atoms with Crippen molar-refractivity contribution in [2.45, 2.75) is 6.92 Å². The summed E-state index contributed by atoms with van der Waals surface area (Å²) in [5.41, 5.74) is 9.05. The summed E-state index contributed by atoms with van der Waals surface area (Å²) >= 11 is 0. The van der Waals surface area contributed by atoms with Gasteiger partial charge in [-0.05, 0) is 13.0 Å². The zero-order chi connectivity index (χ0) is 10.8. The summed E-state index contributed by atoms with van der Waals surface area (Å²) in [6.07, 6.45) is 5.25. The number of nitrogens with two attached hydrogens (primary N) is 1. The lowest BCUT2D eigenvalue weighted by molar-refractivity contribution is 0.756. The number of rotatable bonds is 2. The first-order chi connectivity index (χ1) is 7.15. The first-order valence-electron chi connectivity index (χ1n) is 4.63. The topological polar surface area (TPSA) is 68.8 Å². The highest BCUT2D eigenvalue weighted by atomic mass is 15.3. The van der Waals surface area contributed by atoms with Gasteiger partial charge in [0.05, 0.1) is 29.0 Å². The number of aryl methyl sites for hydroxylation is 2. The van der Waals surface area contributed by atoms with Crippen molar-refractivity contribution in [3.63, 3.8) is 0 Å². The number of anilines is 3. The van der Waals surface area contributed by atoms with E-state index >= 15 is 0 Å². The summed E-state index contributed by atoms with van der Waals surface area (Å²) in [5, 5.41) is 7.44. The third-order valence-electron chi connectivity index (χ3n) is 2.05. The molecule has 0 unspecified atom stereocenters. The predicted octanol–water partition coefficient (Wildman–Crippen LogP) is 1.45. The van der Waals surface area contributed by atoms with Gasteiger partial charge < -0.3 is 11.1 Å². The van der Waals surface area contributed by atoms with Crippen LogP contribution in [0.15, 0.2) is 24.7 Å². The molecule has 5 heteroatoms. The highest BCUT2D eigenvalue weighted by Gasteiger charge is 2.03. The van der Waals surface area contributed by atoms with E-state index in [2.05, 4.69) is 15.4 Å². The maximum Gasteiger partial charge on any atom is 0.0828 e. The SMILES string of the molecule is Cc1nn(C)cc1Nc1cncc(N)c1. The molecule has 0 atom stereocenters. The smallest absolute Gasteiger partial charge is 0.0828 e. The van der Waals surface area contributed by atoms with Gasteiger partial charge in [0.15, 0.2) is 0 Å². The molecule has 0 aromatic carbocycles.